The lowest BCUT2D eigenvalue weighted by atomic mass is 10.1. The van der Waals surface area contributed by atoms with Gasteiger partial charge in [-0.3, -0.25) is 4.99 Å². The summed E-state index contributed by atoms with van der Waals surface area (Å²) in [7, 11) is 3.51. The summed E-state index contributed by atoms with van der Waals surface area (Å²) in [5, 5.41) is 6.75. The summed E-state index contributed by atoms with van der Waals surface area (Å²) in [5.74, 6) is 2.83. The van der Waals surface area contributed by atoms with Crippen molar-refractivity contribution >= 4 is 35.8 Å². The van der Waals surface area contributed by atoms with Gasteiger partial charge in [-0.05, 0) is 55.0 Å². The van der Waals surface area contributed by atoms with E-state index in [-0.39, 0.29) is 24.0 Å². The number of guanidine groups is 1. The van der Waals surface area contributed by atoms with Gasteiger partial charge in [0.15, 0.2) is 5.96 Å². The van der Waals surface area contributed by atoms with Gasteiger partial charge in [0.2, 0.25) is 0 Å². The van der Waals surface area contributed by atoms with Crippen molar-refractivity contribution in [3.05, 3.63) is 53.2 Å². The first-order valence-electron chi connectivity index (χ1n) is 11.0. The number of aliphatic imine (C=N–C) groups is 1. The Morgan fingerprint density at radius 1 is 1.06 bits per heavy atom. The fourth-order valence-electron chi connectivity index (χ4n) is 3.76. The SMILES string of the molecule is CN=C(NCCc1ccc(C)c(OC)c1)NCc1ccc(N2CCCCCC2)nc1.I. The summed E-state index contributed by atoms with van der Waals surface area (Å²) in [5.41, 5.74) is 3.55. The molecule has 0 bridgehead atoms. The first-order chi connectivity index (χ1) is 14.7. The zero-order valence-corrected chi connectivity index (χ0v) is 21.3. The van der Waals surface area contributed by atoms with E-state index in [2.05, 4.69) is 62.8 Å². The molecule has 0 amide bonds. The van der Waals surface area contributed by atoms with Crippen molar-refractivity contribution in [1.82, 2.24) is 15.6 Å². The summed E-state index contributed by atoms with van der Waals surface area (Å²) in [4.78, 5) is 11.4. The second-order valence-corrected chi connectivity index (χ2v) is 7.83. The normalized spacial score (nSPS) is 14.4. The lowest BCUT2D eigenvalue weighted by Crippen LogP contribution is -2.37. The van der Waals surface area contributed by atoms with Crippen molar-refractivity contribution in [1.29, 1.82) is 0 Å². The van der Waals surface area contributed by atoms with Crippen LogP contribution in [-0.2, 0) is 13.0 Å². The van der Waals surface area contributed by atoms with E-state index in [9.17, 15) is 0 Å². The number of halogens is 1. The monoisotopic (exact) mass is 537 g/mol. The van der Waals surface area contributed by atoms with Gasteiger partial charge in [-0.1, -0.05) is 31.0 Å². The lowest BCUT2D eigenvalue weighted by Gasteiger charge is -2.21. The molecule has 7 heteroatoms. The Morgan fingerprint density at radius 3 is 2.45 bits per heavy atom. The van der Waals surface area contributed by atoms with Gasteiger partial charge in [0, 0.05) is 39.4 Å². The number of hydrogen-bond donors (Lipinski definition) is 2. The standard InChI is InChI=1S/C24H35N5O.HI/c1-19-8-9-20(16-22(19)30-3)12-13-26-24(25-2)28-18-21-10-11-23(27-17-21)29-14-6-4-5-7-15-29;/h8-11,16-17H,4-7,12-15,18H2,1-3H3,(H2,25,26,28);1H. The van der Waals surface area contributed by atoms with Crippen LogP contribution in [0.5, 0.6) is 5.75 Å². The number of nitrogens with zero attached hydrogens (tertiary/aromatic N) is 3. The van der Waals surface area contributed by atoms with Crippen LogP contribution in [0.4, 0.5) is 5.82 Å². The van der Waals surface area contributed by atoms with Crippen LogP contribution in [0.25, 0.3) is 0 Å². The van der Waals surface area contributed by atoms with E-state index < -0.39 is 0 Å². The van der Waals surface area contributed by atoms with Crippen molar-refractivity contribution in [3.8, 4) is 5.75 Å². The third-order valence-electron chi connectivity index (χ3n) is 5.60. The molecule has 170 valence electrons. The first-order valence-corrected chi connectivity index (χ1v) is 11.0. The number of hydrogen-bond acceptors (Lipinski definition) is 4. The van der Waals surface area contributed by atoms with Gasteiger partial charge in [-0.2, -0.15) is 0 Å². The summed E-state index contributed by atoms with van der Waals surface area (Å²) in [6.45, 7) is 5.80. The Hall–Kier alpha value is -2.03. The molecule has 1 fully saturated rings. The van der Waals surface area contributed by atoms with Crippen molar-refractivity contribution < 1.29 is 4.74 Å². The highest BCUT2D eigenvalue weighted by molar-refractivity contribution is 14.0. The molecule has 31 heavy (non-hydrogen) atoms. The third-order valence-corrected chi connectivity index (χ3v) is 5.60. The number of aryl methyl sites for hydroxylation is 1. The molecule has 0 radical (unpaired) electrons. The second-order valence-electron chi connectivity index (χ2n) is 7.83. The van der Waals surface area contributed by atoms with Crippen LogP contribution in [0, 0.1) is 6.92 Å². The van der Waals surface area contributed by atoms with Crippen molar-refractivity contribution in [3.63, 3.8) is 0 Å². The molecule has 0 spiro atoms. The molecular formula is C24H36IN5O. The van der Waals surface area contributed by atoms with E-state index in [0.717, 1.165) is 54.7 Å². The smallest absolute Gasteiger partial charge is 0.191 e. The van der Waals surface area contributed by atoms with Crippen LogP contribution in [0.3, 0.4) is 0 Å². The molecule has 3 rings (SSSR count). The number of rotatable bonds is 7. The molecular weight excluding hydrogens is 501 g/mol. The molecule has 2 heterocycles. The molecule has 0 aliphatic carbocycles. The van der Waals surface area contributed by atoms with E-state index >= 15 is 0 Å². The van der Waals surface area contributed by atoms with Gasteiger partial charge in [-0.15, -0.1) is 24.0 Å². The van der Waals surface area contributed by atoms with Crippen LogP contribution in [0.15, 0.2) is 41.5 Å². The minimum absolute atomic E-state index is 0. The Labute approximate surface area is 203 Å². The summed E-state index contributed by atoms with van der Waals surface area (Å²) in [6.07, 6.45) is 8.08. The average molecular weight is 537 g/mol. The maximum atomic E-state index is 5.41. The molecule has 2 N–H and O–H groups in total. The van der Waals surface area contributed by atoms with Gasteiger partial charge in [-0.25, -0.2) is 4.98 Å². The predicted molar refractivity (Wildman–Crippen MR) is 140 cm³/mol. The Bertz CT molecular complexity index is 817. The number of methoxy groups -OCH3 is 1. The molecule has 0 unspecified atom stereocenters. The molecule has 0 atom stereocenters. The molecule has 1 aromatic carbocycles. The number of nitrogens with one attached hydrogen (secondary N) is 2. The van der Waals surface area contributed by atoms with Crippen LogP contribution >= 0.6 is 24.0 Å². The molecule has 0 saturated carbocycles. The number of benzene rings is 1. The Kier molecular flexibility index (Phi) is 10.9. The van der Waals surface area contributed by atoms with Crippen LogP contribution in [-0.4, -0.2) is 44.7 Å². The van der Waals surface area contributed by atoms with Gasteiger partial charge in [0.25, 0.3) is 0 Å². The number of ether oxygens (including phenoxy) is 1. The fraction of sp³-hybridized carbons (Fsp3) is 0.500. The topological polar surface area (TPSA) is 61.8 Å². The highest BCUT2D eigenvalue weighted by atomic mass is 127. The van der Waals surface area contributed by atoms with Gasteiger partial charge in [0.1, 0.15) is 11.6 Å². The highest BCUT2D eigenvalue weighted by Crippen LogP contribution is 2.19. The molecule has 2 aromatic rings. The van der Waals surface area contributed by atoms with E-state index in [1.54, 1.807) is 14.2 Å². The van der Waals surface area contributed by atoms with E-state index in [1.165, 1.54) is 31.2 Å². The molecule has 1 aliphatic heterocycles. The largest absolute Gasteiger partial charge is 0.496 e. The number of anilines is 1. The summed E-state index contributed by atoms with van der Waals surface area (Å²) >= 11 is 0. The third kappa shape index (κ3) is 7.87. The first kappa shape index (κ1) is 25.2. The number of pyridine rings is 1. The van der Waals surface area contributed by atoms with Crippen molar-refractivity contribution in [2.75, 3.05) is 38.7 Å². The maximum Gasteiger partial charge on any atom is 0.191 e. The van der Waals surface area contributed by atoms with Crippen LogP contribution in [0.1, 0.15) is 42.4 Å². The van der Waals surface area contributed by atoms with Gasteiger partial charge < -0.3 is 20.3 Å². The van der Waals surface area contributed by atoms with E-state index in [4.69, 9.17) is 4.74 Å². The zero-order chi connectivity index (χ0) is 21.2. The molecule has 1 aliphatic rings. The maximum absolute atomic E-state index is 5.41. The second kappa shape index (κ2) is 13.4. The molecule has 1 saturated heterocycles. The Morgan fingerprint density at radius 2 is 1.81 bits per heavy atom. The predicted octanol–water partition coefficient (Wildman–Crippen LogP) is 4.30. The highest BCUT2D eigenvalue weighted by Gasteiger charge is 2.10. The lowest BCUT2D eigenvalue weighted by molar-refractivity contribution is 0.411. The minimum atomic E-state index is 0. The fourth-order valence-corrected chi connectivity index (χ4v) is 3.76. The zero-order valence-electron chi connectivity index (χ0n) is 19.0. The Balaban J connectivity index is 0.00000341. The van der Waals surface area contributed by atoms with Gasteiger partial charge in [0.05, 0.1) is 7.11 Å². The van der Waals surface area contributed by atoms with E-state index in [1.807, 2.05) is 6.20 Å². The summed E-state index contributed by atoms with van der Waals surface area (Å²) in [6, 6.07) is 10.6. The quantitative estimate of drug-likeness (QED) is 0.313. The average Bonchev–Trinajstić information content (AvgIpc) is 3.07. The van der Waals surface area contributed by atoms with Crippen molar-refractivity contribution in [2.24, 2.45) is 4.99 Å². The molecule has 1 aromatic heterocycles. The number of aromatic nitrogens is 1. The van der Waals surface area contributed by atoms with Crippen LogP contribution < -0.4 is 20.3 Å². The molecule has 6 nitrogen and oxygen atoms in total. The van der Waals surface area contributed by atoms with Gasteiger partial charge >= 0.3 is 0 Å². The minimum Gasteiger partial charge on any atom is -0.496 e. The van der Waals surface area contributed by atoms with E-state index in [0.29, 0.717) is 6.54 Å². The summed E-state index contributed by atoms with van der Waals surface area (Å²) < 4.78 is 5.41. The van der Waals surface area contributed by atoms with Crippen LogP contribution in [0.2, 0.25) is 0 Å². The van der Waals surface area contributed by atoms with Crippen molar-refractivity contribution in [2.45, 2.75) is 45.6 Å².